The molecule has 2 heterocycles. The number of hydrogen-bond donors (Lipinski definition) is 2. The Morgan fingerprint density at radius 3 is 3.00 bits per heavy atom. The van der Waals surface area contributed by atoms with Crippen molar-refractivity contribution in [3.8, 4) is 0 Å². The summed E-state index contributed by atoms with van der Waals surface area (Å²) < 4.78 is 0. The number of nitrogens with zero attached hydrogens (tertiary/aromatic N) is 2. The monoisotopic (exact) mass is 198 g/mol. The van der Waals surface area contributed by atoms with Crippen molar-refractivity contribution in [2.45, 2.75) is 19.4 Å². The van der Waals surface area contributed by atoms with E-state index in [0.29, 0.717) is 13.0 Å². The van der Waals surface area contributed by atoms with E-state index in [4.69, 9.17) is 0 Å². The van der Waals surface area contributed by atoms with Crippen LogP contribution in [0.5, 0.6) is 0 Å². The van der Waals surface area contributed by atoms with Gasteiger partial charge in [0.2, 0.25) is 11.0 Å². The van der Waals surface area contributed by atoms with Crippen molar-refractivity contribution >= 4 is 22.4 Å². The molecule has 0 aliphatic carbocycles. The van der Waals surface area contributed by atoms with Crippen LogP contribution in [0, 0.1) is 6.92 Å². The van der Waals surface area contributed by atoms with Crippen LogP contribution < -0.4 is 10.6 Å². The third-order valence-corrected chi connectivity index (χ3v) is 2.60. The maximum Gasteiger partial charge on any atom is 0.222 e. The highest BCUT2D eigenvalue weighted by Gasteiger charge is 2.21. The second-order valence-corrected chi connectivity index (χ2v) is 4.16. The molecule has 1 amide bonds. The van der Waals surface area contributed by atoms with Crippen LogP contribution >= 0.6 is 11.3 Å². The molecule has 1 atom stereocenters. The van der Waals surface area contributed by atoms with E-state index in [1.807, 2.05) is 6.92 Å². The molecule has 0 saturated carbocycles. The largest absolute Gasteiger partial charge is 0.355 e. The average molecular weight is 198 g/mol. The summed E-state index contributed by atoms with van der Waals surface area (Å²) in [4.78, 5) is 10.9. The average Bonchev–Trinajstić information content (AvgIpc) is 2.62. The van der Waals surface area contributed by atoms with Crippen molar-refractivity contribution < 1.29 is 4.79 Å². The Bertz CT molecular complexity index is 324. The van der Waals surface area contributed by atoms with Gasteiger partial charge < -0.3 is 10.6 Å². The molecular formula is C7H10N4OS. The zero-order valence-corrected chi connectivity index (χ0v) is 8.02. The van der Waals surface area contributed by atoms with Crippen LogP contribution in [-0.4, -0.2) is 28.7 Å². The van der Waals surface area contributed by atoms with Gasteiger partial charge in [0.25, 0.3) is 0 Å². The minimum absolute atomic E-state index is 0.0961. The topological polar surface area (TPSA) is 66.9 Å². The van der Waals surface area contributed by atoms with Crippen LogP contribution in [0.15, 0.2) is 0 Å². The molecule has 0 radical (unpaired) electrons. The maximum absolute atomic E-state index is 10.9. The molecule has 0 spiro atoms. The number of aryl methyl sites for hydroxylation is 1. The van der Waals surface area contributed by atoms with E-state index in [2.05, 4.69) is 20.8 Å². The predicted molar refractivity (Wildman–Crippen MR) is 49.7 cm³/mol. The van der Waals surface area contributed by atoms with Gasteiger partial charge in [-0.15, -0.1) is 10.2 Å². The number of anilines is 1. The Kier molecular flexibility index (Phi) is 2.13. The summed E-state index contributed by atoms with van der Waals surface area (Å²) >= 11 is 1.50. The van der Waals surface area contributed by atoms with Crippen LogP contribution in [0.2, 0.25) is 0 Å². The van der Waals surface area contributed by atoms with Gasteiger partial charge in [-0.3, -0.25) is 4.79 Å². The van der Waals surface area contributed by atoms with Crippen molar-refractivity contribution in [2.24, 2.45) is 0 Å². The molecule has 0 aromatic carbocycles. The standard InChI is InChI=1S/C7H10N4OS/c1-4-10-11-7(13-4)9-5-2-6(12)8-3-5/h5H,2-3H2,1H3,(H,8,12)(H,9,11). The molecule has 1 saturated heterocycles. The zero-order valence-electron chi connectivity index (χ0n) is 7.20. The number of hydrogen-bond acceptors (Lipinski definition) is 5. The van der Waals surface area contributed by atoms with Crippen molar-refractivity contribution in [3.05, 3.63) is 5.01 Å². The first kappa shape index (κ1) is 8.43. The van der Waals surface area contributed by atoms with Gasteiger partial charge in [-0.05, 0) is 6.92 Å². The number of carbonyl (C=O) groups excluding carboxylic acids is 1. The highest BCUT2D eigenvalue weighted by atomic mass is 32.1. The molecule has 1 fully saturated rings. The Morgan fingerprint density at radius 2 is 2.46 bits per heavy atom. The van der Waals surface area contributed by atoms with Crippen molar-refractivity contribution in [3.63, 3.8) is 0 Å². The van der Waals surface area contributed by atoms with Crippen LogP contribution in [0.1, 0.15) is 11.4 Å². The molecule has 1 aromatic rings. The molecule has 0 bridgehead atoms. The number of rotatable bonds is 2. The summed E-state index contributed by atoms with van der Waals surface area (Å²) in [5.74, 6) is 0.0961. The lowest BCUT2D eigenvalue weighted by Crippen LogP contribution is -2.22. The molecule has 1 aromatic heterocycles. The van der Waals surface area contributed by atoms with E-state index in [-0.39, 0.29) is 11.9 Å². The number of amides is 1. The van der Waals surface area contributed by atoms with Gasteiger partial charge in [0.1, 0.15) is 5.01 Å². The van der Waals surface area contributed by atoms with Gasteiger partial charge in [-0.1, -0.05) is 11.3 Å². The lowest BCUT2D eigenvalue weighted by atomic mass is 10.3. The first-order chi connectivity index (χ1) is 6.24. The summed E-state index contributed by atoms with van der Waals surface area (Å²) in [7, 11) is 0. The van der Waals surface area contributed by atoms with Crippen molar-refractivity contribution in [1.82, 2.24) is 15.5 Å². The highest BCUT2D eigenvalue weighted by Crippen LogP contribution is 2.16. The second kappa shape index (κ2) is 3.29. The van der Waals surface area contributed by atoms with E-state index in [1.54, 1.807) is 0 Å². The first-order valence-corrected chi connectivity index (χ1v) is 4.89. The normalized spacial score (nSPS) is 21.6. The summed E-state index contributed by atoms with van der Waals surface area (Å²) in [5.41, 5.74) is 0. The molecule has 6 heteroatoms. The second-order valence-electron chi connectivity index (χ2n) is 2.98. The first-order valence-electron chi connectivity index (χ1n) is 4.07. The molecule has 70 valence electrons. The van der Waals surface area contributed by atoms with Gasteiger partial charge in [0.15, 0.2) is 0 Å². The highest BCUT2D eigenvalue weighted by molar-refractivity contribution is 7.15. The number of aromatic nitrogens is 2. The Morgan fingerprint density at radius 1 is 1.62 bits per heavy atom. The van der Waals surface area contributed by atoms with Gasteiger partial charge in [0.05, 0.1) is 6.04 Å². The molecule has 2 N–H and O–H groups in total. The van der Waals surface area contributed by atoms with Gasteiger partial charge in [-0.25, -0.2) is 0 Å². The quantitative estimate of drug-likeness (QED) is 0.709. The molecule has 1 unspecified atom stereocenters. The van der Waals surface area contributed by atoms with E-state index < -0.39 is 0 Å². The smallest absolute Gasteiger partial charge is 0.222 e. The predicted octanol–water partition coefficient (Wildman–Crippen LogP) is 0.147. The van der Waals surface area contributed by atoms with E-state index in [1.165, 1.54) is 11.3 Å². The Balaban J connectivity index is 1.95. The lowest BCUT2D eigenvalue weighted by molar-refractivity contribution is -0.119. The third-order valence-electron chi connectivity index (χ3n) is 1.83. The number of carbonyl (C=O) groups is 1. The third kappa shape index (κ3) is 1.95. The lowest BCUT2D eigenvalue weighted by Gasteiger charge is -2.06. The van der Waals surface area contributed by atoms with Crippen LogP contribution in [0.25, 0.3) is 0 Å². The molecule has 5 nitrogen and oxygen atoms in total. The van der Waals surface area contributed by atoms with Crippen molar-refractivity contribution in [2.75, 3.05) is 11.9 Å². The molecule has 1 aliphatic heterocycles. The van der Waals surface area contributed by atoms with E-state index in [0.717, 1.165) is 10.1 Å². The maximum atomic E-state index is 10.9. The molecule has 1 aliphatic rings. The SMILES string of the molecule is Cc1nnc(NC2CNC(=O)C2)s1. The summed E-state index contributed by atoms with van der Waals surface area (Å²) in [5, 5.41) is 15.4. The van der Waals surface area contributed by atoms with Crippen LogP contribution in [0.4, 0.5) is 5.13 Å². The minimum atomic E-state index is 0.0961. The molecule has 13 heavy (non-hydrogen) atoms. The van der Waals surface area contributed by atoms with Gasteiger partial charge in [-0.2, -0.15) is 0 Å². The van der Waals surface area contributed by atoms with Gasteiger partial charge >= 0.3 is 0 Å². The summed E-state index contributed by atoms with van der Waals surface area (Å²) in [6, 6.07) is 0.167. The van der Waals surface area contributed by atoms with Crippen LogP contribution in [-0.2, 0) is 4.79 Å². The summed E-state index contributed by atoms with van der Waals surface area (Å²) in [6.45, 7) is 2.58. The fourth-order valence-electron chi connectivity index (χ4n) is 1.24. The van der Waals surface area contributed by atoms with Crippen molar-refractivity contribution in [1.29, 1.82) is 0 Å². The molecular weight excluding hydrogens is 188 g/mol. The van der Waals surface area contributed by atoms with Crippen LogP contribution in [0.3, 0.4) is 0 Å². The Labute approximate surface area is 79.6 Å². The fourth-order valence-corrected chi connectivity index (χ4v) is 1.91. The van der Waals surface area contributed by atoms with E-state index >= 15 is 0 Å². The minimum Gasteiger partial charge on any atom is -0.355 e. The van der Waals surface area contributed by atoms with E-state index in [9.17, 15) is 4.79 Å². The van der Waals surface area contributed by atoms with Gasteiger partial charge in [0, 0.05) is 13.0 Å². The zero-order chi connectivity index (χ0) is 9.26. The Hall–Kier alpha value is -1.17. The number of nitrogens with one attached hydrogen (secondary N) is 2. The molecule has 2 rings (SSSR count). The fraction of sp³-hybridized carbons (Fsp3) is 0.571. The summed E-state index contributed by atoms with van der Waals surface area (Å²) in [6.07, 6.45) is 0.526.